The van der Waals surface area contributed by atoms with Crippen molar-refractivity contribution in [2.45, 2.75) is 19.1 Å². The fraction of sp³-hybridized carbons (Fsp3) is 0.278. The first kappa shape index (κ1) is 15.9. The van der Waals surface area contributed by atoms with Gasteiger partial charge in [0.05, 0.1) is 48.6 Å². The predicted molar refractivity (Wildman–Crippen MR) is 95.6 cm³/mol. The van der Waals surface area contributed by atoms with Gasteiger partial charge in [0.1, 0.15) is 11.9 Å². The number of hydrogen-bond donors (Lipinski definition) is 0. The molecule has 5 heterocycles. The van der Waals surface area contributed by atoms with Crippen LogP contribution in [0.25, 0.3) is 5.69 Å². The minimum atomic E-state index is -0.823. The van der Waals surface area contributed by atoms with E-state index in [4.69, 9.17) is 0 Å². The van der Waals surface area contributed by atoms with Crippen LogP contribution in [0.2, 0.25) is 0 Å². The van der Waals surface area contributed by atoms with Gasteiger partial charge in [-0.3, -0.25) is 9.78 Å². The lowest BCUT2D eigenvalue weighted by Crippen LogP contribution is -2.24. The Labute approximate surface area is 154 Å². The molecule has 0 aliphatic carbocycles. The number of aromatic nitrogens is 5. The van der Waals surface area contributed by atoms with Crippen molar-refractivity contribution in [3.05, 3.63) is 54.4 Å². The SMILES string of the molecule is O=C1c2cn(-c3cnc(N4CC[C@@H](F)C4)nc3)nc2CN1c1cccnc1. The fourth-order valence-corrected chi connectivity index (χ4v) is 3.42. The molecule has 0 spiro atoms. The van der Waals surface area contributed by atoms with Crippen LogP contribution in [0.3, 0.4) is 0 Å². The third-order valence-electron chi connectivity index (χ3n) is 4.83. The first-order valence-electron chi connectivity index (χ1n) is 8.71. The average Bonchev–Trinajstić information content (AvgIpc) is 3.39. The monoisotopic (exact) mass is 365 g/mol. The molecule has 1 amide bonds. The van der Waals surface area contributed by atoms with Crippen LogP contribution in [-0.2, 0) is 6.54 Å². The highest BCUT2D eigenvalue weighted by Gasteiger charge is 2.32. The zero-order valence-electron chi connectivity index (χ0n) is 14.4. The molecule has 0 unspecified atom stereocenters. The Morgan fingerprint density at radius 2 is 2.00 bits per heavy atom. The molecule has 0 saturated carbocycles. The van der Waals surface area contributed by atoms with Gasteiger partial charge < -0.3 is 9.80 Å². The molecule has 0 radical (unpaired) electrons. The third-order valence-corrected chi connectivity index (χ3v) is 4.83. The van der Waals surface area contributed by atoms with Gasteiger partial charge in [-0.25, -0.2) is 19.0 Å². The second-order valence-electron chi connectivity index (χ2n) is 6.61. The van der Waals surface area contributed by atoms with Crippen LogP contribution in [0.5, 0.6) is 0 Å². The second kappa shape index (κ2) is 6.11. The Morgan fingerprint density at radius 3 is 2.67 bits per heavy atom. The van der Waals surface area contributed by atoms with E-state index in [-0.39, 0.29) is 5.91 Å². The molecule has 2 aliphatic heterocycles. The topological polar surface area (TPSA) is 80.0 Å². The highest BCUT2D eigenvalue weighted by atomic mass is 19.1. The molecule has 3 aromatic rings. The highest BCUT2D eigenvalue weighted by molar-refractivity contribution is 6.09. The van der Waals surface area contributed by atoms with E-state index in [0.29, 0.717) is 48.9 Å². The van der Waals surface area contributed by atoms with Crippen LogP contribution in [0, 0.1) is 0 Å². The summed E-state index contributed by atoms with van der Waals surface area (Å²) >= 11 is 0. The van der Waals surface area contributed by atoms with Crippen molar-refractivity contribution in [2.24, 2.45) is 0 Å². The van der Waals surface area contributed by atoms with Gasteiger partial charge in [0.15, 0.2) is 0 Å². The van der Waals surface area contributed by atoms with Gasteiger partial charge in [-0.1, -0.05) is 0 Å². The number of anilines is 2. The molecule has 0 aromatic carbocycles. The van der Waals surface area contributed by atoms with Gasteiger partial charge in [0, 0.05) is 18.9 Å². The molecular weight excluding hydrogens is 349 g/mol. The number of fused-ring (bicyclic) bond motifs is 1. The molecule has 1 fully saturated rings. The second-order valence-corrected chi connectivity index (χ2v) is 6.61. The van der Waals surface area contributed by atoms with E-state index in [1.54, 1.807) is 46.6 Å². The number of carbonyl (C=O) groups is 1. The van der Waals surface area contributed by atoms with Crippen molar-refractivity contribution >= 4 is 17.5 Å². The summed E-state index contributed by atoms with van der Waals surface area (Å²) in [6, 6.07) is 3.64. The predicted octanol–water partition coefficient (Wildman–Crippen LogP) is 1.77. The maximum atomic E-state index is 13.3. The van der Waals surface area contributed by atoms with Gasteiger partial charge in [0.25, 0.3) is 5.91 Å². The lowest BCUT2D eigenvalue weighted by atomic mass is 10.3. The van der Waals surface area contributed by atoms with Crippen molar-refractivity contribution in [2.75, 3.05) is 22.9 Å². The van der Waals surface area contributed by atoms with Crippen molar-refractivity contribution in [3.8, 4) is 5.69 Å². The number of amides is 1. The smallest absolute Gasteiger partial charge is 0.262 e. The lowest BCUT2D eigenvalue weighted by Gasteiger charge is -2.15. The molecule has 5 rings (SSSR count). The van der Waals surface area contributed by atoms with E-state index in [1.807, 2.05) is 11.0 Å². The number of halogens is 1. The van der Waals surface area contributed by atoms with E-state index in [0.717, 1.165) is 5.69 Å². The van der Waals surface area contributed by atoms with Crippen molar-refractivity contribution in [1.29, 1.82) is 0 Å². The molecule has 9 heteroatoms. The highest BCUT2D eigenvalue weighted by Crippen LogP contribution is 2.27. The third kappa shape index (κ3) is 2.71. The molecule has 3 aromatic heterocycles. The van der Waals surface area contributed by atoms with Crippen LogP contribution in [0.1, 0.15) is 22.5 Å². The summed E-state index contributed by atoms with van der Waals surface area (Å²) in [6.45, 7) is 1.35. The Morgan fingerprint density at radius 1 is 1.15 bits per heavy atom. The van der Waals surface area contributed by atoms with Gasteiger partial charge in [-0.15, -0.1) is 0 Å². The maximum Gasteiger partial charge on any atom is 0.262 e. The summed E-state index contributed by atoms with van der Waals surface area (Å²) < 4.78 is 14.9. The maximum absolute atomic E-state index is 13.3. The largest absolute Gasteiger partial charge is 0.338 e. The van der Waals surface area contributed by atoms with Gasteiger partial charge in [-0.05, 0) is 18.6 Å². The zero-order valence-corrected chi connectivity index (χ0v) is 14.4. The molecule has 0 N–H and O–H groups in total. The summed E-state index contributed by atoms with van der Waals surface area (Å²) in [7, 11) is 0. The van der Waals surface area contributed by atoms with Gasteiger partial charge in [-0.2, -0.15) is 5.10 Å². The lowest BCUT2D eigenvalue weighted by molar-refractivity contribution is 0.0996. The van der Waals surface area contributed by atoms with Crippen LogP contribution < -0.4 is 9.80 Å². The first-order valence-corrected chi connectivity index (χ1v) is 8.71. The summed E-state index contributed by atoms with van der Waals surface area (Å²) in [6.07, 6.45) is 7.98. The van der Waals surface area contributed by atoms with Gasteiger partial charge >= 0.3 is 0 Å². The van der Waals surface area contributed by atoms with E-state index in [9.17, 15) is 9.18 Å². The number of pyridine rings is 1. The van der Waals surface area contributed by atoms with Crippen molar-refractivity contribution in [3.63, 3.8) is 0 Å². The van der Waals surface area contributed by atoms with Crippen LogP contribution >= 0.6 is 0 Å². The zero-order chi connectivity index (χ0) is 18.4. The first-order chi connectivity index (χ1) is 13.2. The molecular formula is C18H16FN7O. The standard InChI is InChI=1S/C18H16FN7O/c19-12-3-5-24(9-12)18-21-7-14(8-22-18)26-10-15-16(23-26)11-25(17(15)27)13-2-1-4-20-6-13/h1-2,4,6-8,10,12H,3,5,9,11H2/t12-/m1/s1. The molecule has 27 heavy (non-hydrogen) atoms. The minimum Gasteiger partial charge on any atom is -0.338 e. The Hall–Kier alpha value is -3.36. The molecule has 1 saturated heterocycles. The van der Waals surface area contributed by atoms with E-state index >= 15 is 0 Å². The summed E-state index contributed by atoms with van der Waals surface area (Å²) in [5.74, 6) is 0.408. The molecule has 1 atom stereocenters. The van der Waals surface area contributed by atoms with E-state index in [1.165, 1.54) is 0 Å². The molecule has 8 nitrogen and oxygen atoms in total. The number of rotatable bonds is 3. The number of carbonyl (C=O) groups excluding carboxylic acids is 1. The molecule has 136 valence electrons. The van der Waals surface area contributed by atoms with Crippen LogP contribution in [-0.4, -0.2) is 49.9 Å². The number of hydrogen-bond acceptors (Lipinski definition) is 6. The van der Waals surface area contributed by atoms with E-state index in [2.05, 4.69) is 20.1 Å². The Bertz CT molecular complexity index is 989. The van der Waals surface area contributed by atoms with Gasteiger partial charge in [0.2, 0.25) is 5.95 Å². The van der Waals surface area contributed by atoms with Crippen molar-refractivity contribution < 1.29 is 9.18 Å². The van der Waals surface area contributed by atoms with Crippen LogP contribution in [0.15, 0.2) is 43.1 Å². The normalized spacial score (nSPS) is 19.0. The van der Waals surface area contributed by atoms with E-state index < -0.39 is 6.17 Å². The average molecular weight is 365 g/mol. The summed E-state index contributed by atoms with van der Waals surface area (Å²) in [5.41, 5.74) is 2.66. The summed E-state index contributed by atoms with van der Waals surface area (Å²) in [5, 5.41) is 4.51. The summed E-state index contributed by atoms with van der Waals surface area (Å²) in [4.78, 5) is 28.8. The Balaban J connectivity index is 1.37. The molecule has 0 bridgehead atoms. The van der Waals surface area contributed by atoms with Crippen molar-refractivity contribution in [1.82, 2.24) is 24.7 Å². The quantitative estimate of drug-likeness (QED) is 0.704. The minimum absolute atomic E-state index is 0.104. The Kier molecular flexibility index (Phi) is 3.59. The molecule has 2 aliphatic rings. The fourth-order valence-electron chi connectivity index (χ4n) is 3.42. The number of alkyl halides is 1. The van der Waals surface area contributed by atoms with Crippen LogP contribution in [0.4, 0.5) is 16.0 Å². The number of nitrogens with zero attached hydrogens (tertiary/aromatic N) is 7.